The molecule has 17 heavy (non-hydrogen) atoms. The van der Waals surface area contributed by atoms with Crippen molar-refractivity contribution < 1.29 is 4.79 Å². The van der Waals surface area contributed by atoms with Crippen molar-refractivity contribution in [3.63, 3.8) is 0 Å². The summed E-state index contributed by atoms with van der Waals surface area (Å²) in [6, 6.07) is 3.59. The monoisotopic (exact) mass is 253 g/mol. The molecule has 1 aliphatic carbocycles. The minimum atomic E-state index is -0.0808. The summed E-state index contributed by atoms with van der Waals surface area (Å²) < 4.78 is 0. The van der Waals surface area contributed by atoms with E-state index >= 15 is 0 Å². The second-order valence-corrected chi connectivity index (χ2v) is 4.95. The molecule has 0 saturated heterocycles. The van der Waals surface area contributed by atoms with Gasteiger partial charge in [-0.25, -0.2) is 4.98 Å². The molecule has 4 nitrogen and oxygen atoms in total. The number of aromatic nitrogens is 1. The van der Waals surface area contributed by atoms with E-state index in [4.69, 9.17) is 11.6 Å². The maximum absolute atomic E-state index is 11.9. The highest BCUT2D eigenvalue weighted by Gasteiger charge is 2.27. The van der Waals surface area contributed by atoms with Crippen molar-refractivity contribution in [2.45, 2.75) is 25.8 Å². The number of nitrogens with one attached hydrogen (secondary N) is 2. The molecule has 1 amide bonds. The highest BCUT2D eigenvalue weighted by Crippen LogP contribution is 2.26. The molecule has 1 aromatic heterocycles. The summed E-state index contributed by atoms with van der Waals surface area (Å²) in [5, 5.41) is 6.19. The van der Waals surface area contributed by atoms with E-state index in [2.05, 4.69) is 22.5 Å². The molecule has 0 aliphatic heterocycles. The number of nitrogens with zero attached hydrogens (tertiary/aromatic N) is 1. The van der Waals surface area contributed by atoms with E-state index in [0.717, 1.165) is 12.8 Å². The van der Waals surface area contributed by atoms with E-state index in [-0.39, 0.29) is 5.91 Å². The lowest BCUT2D eigenvalue weighted by molar-refractivity contribution is 0.0896. The number of pyridine rings is 1. The standard InChI is InChI=1S/C12H16ClN3O/c1-7-3-9(4-7)15-12(17)8-5-10(13)16-11(6-8)14-2/h5-7,9H,3-4H2,1-2H3,(H,14,16)(H,15,17). The van der Waals surface area contributed by atoms with Crippen LogP contribution in [0.25, 0.3) is 0 Å². The number of rotatable bonds is 3. The third-order valence-corrected chi connectivity index (χ3v) is 3.22. The van der Waals surface area contributed by atoms with Crippen molar-refractivity contribution in [3.8, 4) is 0 Å². The zero-order chi connectivity index (χ0) is 12.4. The van der Waals surface area contributed by atoms with E-state index < -0.39 is 0 Å². The van der Waals surface area contributed by atoms with E-state index in [1.165, 1.54) is 0 Å². The van der Waals surface area contributed by atoms with Crippen molar-refractivity contribution >= 4 is 23.3 Å². The topological polar surface area (TPSA) is 54.0 Å². The lowest BCUT2D eigenvalue weighted by Crippen LogP contribution is -2.43. The summed E-state index contributed by atoms with van der Waals surface area (Å²) in [6.07, 6.45) is 2.12. The van der Waals surface area contributed by atoms with Crippen molar-refractivity contribution in [3.05, 3.63) is 22.8 Å². The molecule has 1 aromatic rings. The molecule has 1 heterocycles. The van der Waals surface area contributed by atoms with Gasteiger partial charge in [0.15, 0.2) is 0 Å². The highest BCUT2D eigenvalue weighted by molar-refractivity contribution is 6.29. The smallest absolute Gasteiger partial charge is 0.251 e. The van der Waals surface area contributed by atoms with Gasteiger partial charge in [0.25, 0.3) is 5.91 Å². The van der Waals surface area contributed by atoms with E-state index in [1.807, 2.05) is 0 Å². The average Bonchev–Trinajstić information content (AvgIpc) is 2.26. The zero-order valence-electron chi connectivity index (χ0n) is 9.96. The Labute approximate surface area is 106 Å². The first-order chi connectivity index (χ1) is 8.08. The lowest BCUT2D eigenvalue weighted by atomic mass is 9.82. The minimum Gasteiger partial charge on any atom is -0.373 e. The first kappa shape index (κ1) is 12.2. The van der Waals surface area contributed by atoms with Crippen LogP contribution in [0.4, 0.5) is 5.82 Å². The average molecular weight is 254 g/mol. The maximum atomic E-state index is 11.9. The highest BCUT2D eigenvalue weighted by atomic mass is 35.5. The van der Waals surface area contributed by atoms with E-state index in [9.17, 15) is 4.79 Å². The minimum absolute atomic E-state index is 0.0808. The summed E-state index contributed by atoms with van der Waals surface area (Å²) in [4.78, 5) is 16.0. The summed E-state index contributed by atoms with van der Waals surface area (Å²) in [6.45, 7) is 2.19. The Morgan fingerprint density at radius 2 is 2.18 bits per heavy atom. The molecule has 2 rings (SSSR count). The van der Waals surface area contributed by atoms with Gasteiger partial charge in [-0.15, -0.1) is 0 Å². The Kier molecular flexibility index (Phi) is 3.52. The molecule has 2 N–H and O–H groups in total. The summed E-state index contributed by atoms with van der Waals surface area (Å²) in [7, 11) is 1.74. The fourth-order valence-corrected chi connectivity index (χ4v) is 2.25. The molecule has 92 valence electrons. The molecule has 0 aromatic carbocycles. The number of amides is 1. The number of anilines is 1. The number of carbonyl (C=O) groups excluding carboxylic acids is 1. The van der Waals surface area contributed by atoms with Gasteiger partial charge in [0.1, 0.15) is 11.0 Å². The van der Waals surface area contributed by atoms with Crippen LogP contribution < -0.4 is 10.6 Å². The number of carbonyl (C=O) groups is 1. The summed E-state index contributed by atoms with van der Waals surface area (Å²) in [5.74, 6) is 1.24. The molecule has 0 bridgehead atoms. The van der Waals surface area contributed by atoms with Crippen LogP contribution in [0.15, 0.2) is 12.1 Å². The quantitative estimate of drug-likeness (QED) is 0.813. The van der Waals surface area contributed by atoms with Crippen LogP contribution in [0.5, 0.6) is 0 Å². The molecule has 0 atom stereocenters. The first-order valence-corrected chi connectivity index (χ1v) is 6.12. The first-order valence-electron chi connectivity index (χ1n) is 5.74. The van der Waals surface area contributed by atoms with Crippen molar-refractivity contribution in [1.82, 2.24) is 10.3 Å². The summed E-state index contributed by atoms with van der Waals surface area (Å²) in [5.41, 5.74) is 0.550. The maximum Gasteiger partial charge on any atom is 0.251 e. The van der Waals surface area contributed by atoms with Gasteiger partial charge in [0.05, 0.1) is 0 Å². The fraction of sp³-hybridized carbons (Fsp3) is 0.500. The van der Waals surface area contributed by atoms with Gasteiger partial charge in [0.2, 0.25) is 0 Å². The van der Waals surface area contributed by atoms with Crippen LogP contribution in [0.3, 0.4) is 0 Å². The van der Waals surface area contributed by atoms with Gasteiger partial charge in [-0.3, -0.25) is 4.79 Å². The predicted octanol–water partition coefficient (Wildman–Crippen LogP) is 2.31. The van der Waals surface area contributed by atoms with E-state index in [0.29, 0.717) is 28.5 Å². The number of hydrogen-bond donors (Lipinski definition) is 2. The number of hydrogen-bond acceptors (Lipinski definition) is 3. The van der Waals surface area contributed by atoms with Gasteiger partial charge in [-0.2, -0.15) is 0 Å². The summed E-state index contributed by atoms with van der Waals surface area (Å²) >= 11 is 5.85. The fourth-order valence-electron chi connectivity index (χ4n) is 2.05. The molecule has 0 unspecified atom stereocenters. The van der Waals surface area contributed by atoms with Crippen LogP contribution >= 0.6 is 11.6 Å². The van der Waals surface area contributed by atoms with Crippen molar-refractivity contribution in [2.24, 2.45) is 5.92 Å². The van der Waals surface area contributed by atoms with Crippen LogP contribution in [-0.2, 0) is 0 Å². The van der Waals surface area contributed by atoms with E-state index in [1.54, 1.807) is 19.2 Å². The van der Waals surface area contributed by atoms with Gasteiger partial charge < -0.3 is 10.6 Å². The van der Waals surface area contributed by atoms with Crippen molar-refractivity contribution in [2.75, 3.05) is 12.4 Å². The molecule has 0 spiro atoms. The Balaban J connectivity index is 2.05. The molecule has 1 aliphatic rings. The largest absolute Gasteiger partial charge is 0.373 e. The van der Waals surface area contributed by atoms with Crippen LogP contribution in [0.1, 0.15) is 30.1 Å². The van der Waals surface area contributed by atoms with Gasteiger partial charge in [0, 0.05) is 18.7 Å². The number of halogens is 1. The normalized spacial score (nSPS) is 22.8. The Morgan fingerprint density at radius 3 is 2.76 bits per heavy atom. The Bertz CT molecular complexity index is 430. The lowest BCUT2D eigenvalue weighted by Gasteiger charge is -2.33. The molecular weight excluding hydrogens is 238 g/mol. The van der Waals surface area contributed by atoms with Crippen LogP contribution in [0, 0.1) is 5.92 Å². The predicted molar refractivity (Wildman–Crippen MR) is 68.4 cm³/mol. The van der Waals surface area contributed by atoms with Crippen molar-refractivity contribution in [1.29, 1.82) is 0 Å². The molecular formula is C12H16ClN3O. The van der Waals surface area contributed by atoms with Crippen LogP contribution in [-0.4, -0.2) is 24.0 Å². The molecule has 5 heteroatoms. The van der Waals surface area contributed by atoms with Gasteiger partial charge >= 0.3 is 0 Å². The second kappa shape index (κ2) is 4.92. The zero-order valence-corrected chi connectivity index (χ0v) is 10.7. The third kappa shape index (κ3) is 2.88. The molecule has 1 saturated carbocycles. The Morgan fingerprint density at radius 1 is 1.47 bits per heavy atom. The SMILES string of the molecule is CNc1cc(C(=O)NC2CC(C)C2)cc(Cl)n1. The second-order valence-electron chi connectivity index (χ2n) is 4.56. The Hall–Kier alpha value is -1.29. The van der Waals surface area contributed by atoms with Crippen LogP contribution in [0.2, 0.25) is 5.15 Å². The molecule has 0 radical (unpaired) electrons. The van der Waals surface area contributed by atoms with Gasteiger partial charge in [-0.1, -0.05) is 18.5 Å². The molecule has 1 fully saturated rings. The van der Waals surface area contributed by atoms with Gasteiger partial charge in [-0.05, 0) is 30.9 Å². The third-order valence-electron chi connectivity index (χ3n) is 3.02.